The first kappa shape index (κ1) is 12.5. The molecule has 4 nitrogen and oxygen atoms in total. The molecular weight excluding hydrogens is 204 g/mol. The van der Waals surface area contributed by atoms with Crippen molar-refractivity contribution >= 4 is 5.91 Å². The summed E-state index contributed by atoms with van der Waals surface area (Å²) >= 11 is 0. The van der Waals surface area contributed by atoms with Gasteiger partial charge in [0.05, 0.1) is 7.11 Å². The van der Waals surface area contributed by atoms with Crippen LogP contribution in [-0.4, -0.2) is 13.0 Å². The van der Waals surface area contributed by atoms with Crippen molar-refractivity contribution in [3.05, 3.63) is 28.3 Å². The van der Waals surface area contributed by atoms with Crippen molar-refractivity contribution in [1.82, 2.24) is 0 Å². The van der Waals surface area contributed by atoms with Gasteiger partial charge in [-0.05, 0) is 37.5 Å². The SMILES string of the molecule is COc1c(C)c(C)cc(C)c1C(N)C(N)=O. The van der Waals surface area contributed by atoms with Gasteiger partial charge in [-0.15, -0.1) is 0 Å². The van der Waals surface area contributed by atoms with E-state index in [0.29, 0.717) is 11.3 Å². The van der Waals surface area contributed by atoms with E-state index >= 15 is 0 Å². The number of benzene rings is 1. The highest BCUT2D eigenvalue weighted by molar-refractivity contribution is 5.83. The van der Waals surface area contributed by atoms with Crippen molar-refractivity contribution in [2.24, 2.45) is 11.5 Å². The van der Waals surface area contributed by atoms with E-state index < -0.39 is 11.9 Å². The van der Waals surface area contributed by atoms with Crippen LogP contribution in [0.3, 0.4) is 0 Å². The number of methoxy groups -OCH3 is 1. The maximum Gasteiger partial charge on any atom is 0.239 e. The predicted octanol–water partition coefficient (Wildman–Crippen LogP) is 1.11. The number of ether oxygens (including phenoxy) is 1. The lowest BCUT2D eigenvalue weighted by atomic mass is 9.94. The van der Waals surface area contributed by atoms with Gasteiger partial charge < -0.3 is 16.2 Å². The molecule has 4 heteroatoms. The van der Waals surface area contributed by atoms with Gasteiger partial charge in [-0.3, -0.25) is 4.79 Å². The Labute approximate surface area is 95.6 Å². The maximum absolute atomic E-state index is 11.2. The molecule has 0 aliphatic heterocycles. The van der Waals surface area contributed by atoms with Crippen LogP contribution in [0.1, 0.15) is 28.3 Å². The number of primary amides is 1. The Morgan fingerprint density at radius 3 is 2.31 bits per heavy atom. The Morgan fingerprint density at radius 2 is 1.88 bits per heavy atom. The van der Waals surface area contributed by atoms with Crippen LogP contribution in [0.15, 0.2) is 6.07 Å². The van der Waals surface area contributed by atoms with Crippen LogP contribution < -0.4 is 16.2 Å². The highest BCUT2D eigenvalue weighted by Crippen LogP contribution is 2.32. The highest BCUT2D eigenvalue weighted by Gasteiger charge is 2.21. The van der Waals surface area contributed by atoms with Gasteiger partial charge >= 0.3 is 0 Å². The van der Waals surface area contributed by atoms with Crippen molar-refractivity contribution in [2.45, 2.75) is 26.8 Å². The zero-order valence-electron chi connectivity index (χ0n) is 10.1. The maximum atomic E-state index is 11.2. The Bertz CT molecular complexity index is 428. The molecule has 16 heavy (non-hydrogen) atoms. The van der Waals surface area contributed by atoms with Gasteiger partial charge in [0.15, 0.2) is 0 Å². The number of rotatable bonds is 3. The normalized spacial score (nSPS) is 12.3. The molecule has 4 N–H and O–H groups in total. The predicted molar refractivity (Wildman–Crippen MR) is 63.3 cm³/mol. The topological polar surface area (TPSA) is 78.3 Å². The molecule has 0 aliphatic rings. The number of carbonyl (C=O) groups excluding carboxylic acids is 1. The van der Waals surface area contributed by atoms with Crippen molar-refractivity contribution in [3.63, 3.8) is 0 Å². The average molecular weight is 222 g/mol. The molecule has 0 fully saturated rings. The molecule has 1 rings (SSSR count). The second-order valence-electron chi connectivity index (χ2n) is 3.96. The summed E-state index contributed by atoms with van der Waals surface area (Å²) in [5.74, 6) is 0.105. The van der Waals surface area contributed by atoms with Gasteiger partial charge in [0.1, 0.15) is 11.8 Å². The lowest BCUT2D eigenvalue weighted by Crippen LogP contribution is -2.29. The van der Waals surface area contributed by atoms with E-state index in [1.165, 1.54) is 0 Å². The van der Waals surface area contributed by atoms with E-state index in [1.54, 1.807) is 7.11 Å². The largest absolute Gasteiger partial charge is 0.496 e. The van der Waals surface area contributed by atoms with Gasteiger partial charge in [0.2, 0.25) is 5.91 Å². The summed E-state index contributed by atoms with van der Waals surface area (Å²) in [5, 5.41) is 0. The summed E-state index contributed by atoms with van der Waals surface area (Å²) in [6.07, 6.45) is 0. The van der Waals surface area contributed by atoms with E-state index in [1.807, 2.05) is 26.8 Å². The van der Waals surface area contributed by atoms with Crippen LogP contribution in [0.5, 0.6) is 5.75 Å². The Hall–Kier alpha value is -1.55. The number of carbonyl (C=O) groups is 1. The van der Waals surface area contributed by atoms with Gasteiger partial charge in [-0.2, -0.15) is 0 Å². The number of amides is 1. The van der Waals surface area contributed by atoms with E-state index in [9.17, 15) is 4.79 Å². The molecule has 1 atom stereocenters. The van der Waals surface area contributed by atoms with E-state index in [4.69, 9.17) is 16.2 Å². The fraction of sp³-hybridized carbons (Fsp3) is 0.417. The van der Waals surface area contributed by atoms with Gasteiger partial charge in [-0.1, -0.05) is 6.07 Å². The number of aryl methyl sites for hydroxylation is 2. The minimum absolute atomic E-state index is 0.551. The Kier molecular flexibility index (Phi) is 3.55. The fourth-order valence-electron chi connectivity index (χ4n) is 1.86. The van der Waals surface area contributed by atoms with Gasteiger partial charge in [-0.25, -0.2) is 0 Å². The summed E-state index contributed by atoms with van der Waals surface area (Å²) in [6, 6.07) is 1.16. The lowest BCUT2D eigenvalue weighted by Gasteiger charge is -2.19. The van der Waals surface area contributed by atoms with Crippen LogP contribution >= 0.6 is 0 Å². The average Bonchev–Trinajstić information content (AvgIpc) is 2.21. The highest BCUT2D eigenvalue weighted by atomic mass is 16.5. The summed E-state index contributed by atoms with van der Waals surface area (Å²) in [4.78, 5) is 11.2. The van der Waals surface area contributed by atoms with E-state index in [-0.39, 0.29) is 0 Å². The second kappa shape index (κ2) is 4.53. The molecule has 1 unspecified atom stereocenters. The van der Waals surface area contributed by atoms with Gasteiger partial charge in [0.25, 0.3) is 0 Å². The number of hydrogen-bond acceptors (Lipinski definition) is 3. The second-order valence-corrected chi connectivity index (χ2v) is 3.96. The summed E-state index contributed by atoms with van der Waals surface area (Å²) in [7, 11) is 1.57. The number of nitrogens with two attached hydrogens (primary N) is 2. The molecule has 0 heterocycles. The van der Waals surface area contributed by atoms with Crippen LogP contribution in [0.25, 0.3) is 0 Å². The summed E-state index contributed by atoms with van der Waals surface area (Å²) in [5.41, 5.74) is 14.7. The van der Waals surface area contributed by atoms with Crippen LogP contribution in [0, 0.1) is 20.8 Å². The summed E-state index contributed by atoms with van der Waals surface area (Å²) < 4.78 is 5.32. The third-order valence-electron chi connectivity index (χ3n) is 2.86. The first-order valence-corrected chi connectivity index (χ1v) is 5.09. The third-order valence-corrected chi connectivity index (χ3v) is 2.86. The van der Waals surface area contributed by atoms with Crippen LogP contribution in [0.4, 0.5) is 0 Å². The van der Waals surface area contributed by atoms with E-state index in [0.717, 1.165) is 16.7 Å². The first-order chi connectivity index (χ1) is 7.40. The van der Waals surface area contributed by atoms with Crippen molar-refractivity contribution in [3.8, 4) is 5.75 Å². The van der Waals surface area contributed by atoms with Gasteiger partial charge in [0, 0.05) is 5.56 Å². The van der Waals surface area contributed by atoms with Crippen molar-refractivity contribution in [2.75, 3.05) is 7.11 Å². The molecule has 0 radical (unpaired) electrons. The van der Waals surface area contributed by atoms with E-state index in [2.05, 4.69) is 0 Å². The minimum atomic E-state index is -0.825. The third kappa shape index (κ3) is 2.02. The molecule has 0 saturated carbocycles. The minimum Gasteiger partial charge on any atom is -0.496 e. The van der Waals surface area contributed by atoms with Crippen LogP contribution in [-0.2, 0) is 4.79 Å². The molecule has 0 spiro atoms. The Morgan fingerprint density at radius 1 is 1.31 bits per heavy atom. The molecule has 0 aromatic heterocycles. The van der Waals surface area contributed by atoms with Crippen LogP contribution in [0.2, 0.25) is 0 Å². The lowest BCUT2D eigenvalue weighted by molar-refractivity contribution is -0.119. The molecule has 0 bridgehead atoms. The molecule has 0 aliphatic carbocycles. The molecule has 0 saturated heterocycles. The molecule has 1 aromatic carbocycles. The zero-order chi connectivity index (χ0) is 12.5. The van der Waals surface area contributed by atoms with Crippen molar-refractivity contribution in [1.29, 1.82) is 0 Å². The Balaban J connectivity index is 3.48. The molecule has 88 valence electrons. The first-order valence-electron chi connectivity index (χ1n) is 5.09. The zero-order valence-corrected chi connectivity index (χ0v) is 10.1. The monoisotopic (exact) mass is 222 g/mol. The standard InChI is InChI=1S/C12H18N2O2/c1-6-5-7(2)9(10(13)12(14)15)11(16-4)8(6)3/h5,10H,13H2,1-4H3,(H2,14,15). The molecule has 1 amide bonds. The summed E-state index contributed by atoms with van der Waals surface area (Å²) in [6.45, 7) is 5.82. The smallest absolute Gasteiger partial charge is 0.239 e. The molecular formula is C12H18N2O2. The molecule has 1 aromatic rings. The number of hydrogen-bond donors (Lipinski definition) is 2. The van der Waals surface area contributed by atoms with Crippen molar-refractivity contribution < 1.29 is 9.53 Å². The fourth-order valence-corrected chi connectivity index (χ4v) is 1.86. The quantitative estimate of drug-likeness (QED) is 0.804.